The summed E-state index contributed by atoms with van der Waals surface area (Å²) in [4.78, 5) is 23.7. The van der Waals surface area contributed by atoms with Gasteiger partial charge in [0.25, 0.3) is 0 Å². The van der Waals surface area contributed by atoms with Gasteiger partial charge in [-0.25, -0.2) is 0 Å². The SMILES string of the molecule is O=C(CC1CCCCCC1)NC1CCCCCC1C(=O)O. The second-order valence-electron chi connectivity index (χ2n) is 6.82. The molecule has 0 bridgehead atoms. The van der Waals surface area contributed by atoms with Crippen LogP contribution in [0.1, 0.15) is 77.0 Å². The molecular formula is C17H29NO3. The molecule has 0 aromatic carbocycles. The summed E-state index contributed by atoms with van der Waals surface area (Å²) in [5.74, 6) is -0.580. The first-order chi connectivity index (χ1) is 10.2. The molecule has 2 fully saturated rings. The number of amides is 1. The molecule has 2 unspecified atom stereocenters. The lowest BCUT2D eigenvalue weighted by Gasteiger charge is -2.24. The number of carbonyl (C=O) groups is 2. The van der Waals surface area contributed by atoms with Crippen LogP contribution in [-0.2, 0) is 9.59 Å². The maximum Gasteiger partial charge on any atom is 0.308 e. The Hall–Kier alpha value is -1.06. The van der Waals surface area contributed by atoms with Crippen molar-refractivity contribution in [1.29, 1.82) is 0 Å². The lowest BCUT2D eigenvalue weighted by molar-refractivity contribution is -0.143. The first kappa shape index (κ1) is 16.3. The quantitative estimate of drug-likeness (QED) is 0.780. The molecule has 21 heavy (non-hydrogen) atoms. The molecule has 0 heterocycles. The van der Waals surface area contributed by atoms with E-state index in [-0.39, 0.29) is 11.9 Å². The Kier molecular flexibility index (Phi) is 6.52. The van der Waals surface area contributed by atoms with Crippen LogP contribution in [0, 0.1) is 11.8 Å². The Morgan fingerprint density at radius 2 is 1.43 bits per heavy atom. The zero-order valence-corrected chi connectivity index (χ0v) is 13.0. The summed E-state index contributed by atoms with van der Waals surface area (Å²) in [6.45, 7) is 0. The van der Waals surface area contributed by atoms with Gasteiger partial charge in [-0.3, -0.25) is 9.59 Å². The van der Waals surface area contributed by atoms with E-state index in [9.17, 15) is 14.7 Å². The predicted octanol–water partition coefficient (Wildman–Crippen LogP) is 3.50. The first-order valence-corrected chi connectivity index (χ1v) is 8.69. The van der Waals surface area contributed by atoms with Gasteiger partial charge in [-0.2, -0.15) is 0 Å². The molecule has 2 aliphatic carbocycles. The summed E-state index contributed by atoms with van der Waals surface area (Å²) in [7, 11) is 0. The summed E-state index contributed by atoms with van der Waals surface area (Å²) >= 11 is 0. The van der Waals surface area contributed by atoms with E-state index in [4.69, 9.17) is 0 Å². The molecule has 2 N–H and O–H groups in total. The highest BCUT2D eigenvalue weighted by Crippen LogP contribution is 2.27. The minimum Gasteiger partial charge on any atom is -0.481 e. The van der Waals surface area contributed by atoms with Crippen molar-refractivity contribution in [3.05, 3.63) is 0 Å². The number of aliphatic carboxylic acids is 1. The van der Waals surface area contributed by atoms with Gasteiger partial charge >= 0.3 is 5.97 Å². The molecule has 2 saturated carbocycles. The Bertz CT molecular complexity index is 348. The summed E-state index contributed by atoms with van der Waals surface area (Å²) < 4.78 is 0. The van der Waals surface area contributed by atoms with Crippen LogP contribution in [-0.4, -0.2) is 23.0 Å². The lowest BCUT2D eigenvalue weighted by atomic mass is 9.93. The number of carboxylic acid groups (broad SMARTS) is 1. The topological polar surface area (TPSA) is 66.4 Å². The maximum absolute atomic E-state index is 12.3. The van der Waals surface area contributed by atoms with E-state index in [2.05, 4.69) is 5.32 Å². The smallest absolute Gasteiger partial charge is 0.308 e. The van der Waals surface area contributed by atoms with Crippen molar-refractivity contribution in [2.45, 2.75) is 83.1 Å². The number of carbonyl (C=O) groups excluding carboxylic acids is 1. The van der Waals surface area contributed by atoms with Crippen molar-refractivity contribution in [2.24, 2.45) is 11.8 Å². The van der Waals surface area contributed by atoms with Gasteiger partial charge in [-0.1, -0.05) is 44.9 Å². The molecule has 2 rings (SSSR count). The molecule has 1 amide bonds. The fourth-order valence-corrected chi connectivity index (χ4v) is 3.87. The van der Waals surface area contributed by atoms with Gasteiger partial charge in [-0.15, -0.1) is 0 Å². The molecule has 0 aliphatic heterocycles. The van der Waals surface area contributed by atoms with Crippen molar-refractivity contribution in [2.75, 3.05) is 0 Å². The molecule has 120 valence electrons. The van der Waals surface area contributed by atoms with E-state index >= 15 is 0 Å². The number of carboxylic acids is 1. The minimum atomic E-state index is -0.753. The minimum absolute atomic E-state index is 0.0695. The average molecular weight is 295 g/mol. The van der Waals surface area contributed by atoms with Crippen LogP contribution >= 0.6 is 0 Å². The van der Waals surface area contributed by atoms with Crippen LogP contribution in [0.4, 0.5) is 0 Å². The zero-order chi connectivity index (χ0) is 15.1. The average Bonchev–Trinajstić information content (AvgIpc) is 2.81. The Balaban J connectivity index is 1.85. The van der Waals surface area contributed by atoms with E-state index in [1.165, 1.54) is 25.7 Å². The third kappa shape index (κ3) is 5.33. The standard InChI is InChI=1S/C17H29NO3/c19-16(12-13-8-4-1-2-5-9-13)18-15-11-7-3-6-10-14(15)17(20)21/h13-15H,1-12H2,(H,18,19)(H,20,21). The molecule has 0 spiro atoms. The summed E-state index contributed by atoms with van der Waals surface area (Å²) in [5.41, 5.74) is 0. The number of hydrogen-bond donors (Lipinski definition) is 2. The predicted molar refractivity (Wildman–Crippen MR) is 82.0 cm³/mol. The maximum atomic E-state index is 12.3. The van der Waals surface area contributed by atoms with Crippen LogP contribution in [0.3, 0.4) is 0 Å². The van der Waals surface area contributed by atoms with E-state index in [0.717, 1.165) is 38.5 Å². The van der Waals surface area contributed by atoms with Crippen LogP contribution in [0.15, 0.2) is 0 Å². The summed E-state index contributed by atoms with van der Waals surface area (Å²) in [5, 5.41) is 12.4. The molecule has 4 nitrogen and oxygen atoms in total. The van der Waals surface area contributed by atoms with Gasteiger partial charge in [0.2, 0.25) is 5.91 Å². The Labute approximate surface area is 127 Å². The third-order valence-electron chi connectivity index (χ3n) is 5.13. The molecular weight excluding hydrogens is 266 g/mol. The van der Waals surface area contributed by atoms with E-state index < -0.39 is 11.9 Å². The van der Waals surface area contributed by atoms with Crippen molar-refractivity contribution >= 4 is 11.9 Å². The lowest BCUT2D eigenvalue weighted by Crippen LogP contribution is -2.43. The van der Waals surface area contributed by atoms with Gasteiger partial charge in [0.05, 0.1) is 5.92 Å². The Morgan fingerprint density at radius 1 is 0.857 bits per heavy atom. The van der Waals surface area contributed by atoms with E-state index in [0.29, 0.717) is 18.8 Å². The number of hydrogen-bond acceptors (Lipinski definition) is 2. The Morgan fingerprint density at radius 3 is 2.10 bits per heavy atom. The van der Waals surface area contributed by atoms with Crippen molar-refractivity contribution in [3.63, 3.8) is 0 Å². The highest BCUT2D eigenvalue weighted by Gasteiger charge is 2.31. The van der Waals surface area contributed by atoms with Gasteiger partial charge in [-0.05, 0) is 31.6 Å². The molecule has 0 aromatic heterocycles. The summed E-state index contributed by atoms with van der Waals surface area (Å²) in [6.07, 6.45) is 12.5. The molecule has 2 atom stereocenters. The van der Waals surface area contributed by atoms with Crippen molar-refractivity contribution in [1.82, 2.24) is 5.32 Å². The highest BCUT2D eigenvalue weighted by molar-refractivity contribution is 5.78. The second-order valence-corrected chi connectivity index (χ2v) is 6.82. The second kappa shape index (κ2) is 8.40. The largest absolute Gasteiger partial charge is 0.481 e. The van der Waals surface area contributed by atoms with Crippen LogP contribution < -0.4 is 5.32 Å². The van der Waals surface area contributed by atoms with Gasteiger partial charge in [0.15, 0.2) is 0 Å². The molecule has 0 saturated heterocycles. The fraction of sp³-hybridized carbons (Fsp3) is 0.882. The van der Waals surface area contributed by atoms with Gasteiger partial charge in [0.1, 0.15) is 0 Å². The van der Waals surface area contributed by atoms with Gasteiger partial charge in [0, 0.05) is 12.5 Å². The third-order valence-corrected chi connectivity index (χ3v) is 5.13. The van der Waals surface area contributed by atoms with E-state index in [1.807, 2.05) is 0 Å². The molecule has 0 radical (unpaired) electrons. The van der Waals surface area contributed by atoms with Crippen LogP contribution in [0.25, 0.3) is 0 Å². The van der Waals surface area contributed by atoms with Crippen LogP contribution in [0.2, 0.25) is 0 Å². The first-order valence-electron chi connectivity index (χ1n) is 8.69. The molecule has 0 aromatic rings. The molecule has 4 heteroatoms. The van der Waals surface area contributed by atoms with E-state index in [1.54, 1.807) is 0 Å². The van der Waals surface area contributed by atoms with Crippen molar-refractivity contribution < 1.29 is 14.7 Å². The number of nitrogens with one attached hydrogen (secondary N) is 1. The summed E-state index contributed by atoms with van der Waals surface area (Å²) in [6, 6.07) is -0.164. The monoisotopic (exact) mass is 295 g/mol. The number of rotatable bonds is 4. The molecule has 2 aliphatic rings. The zero-order valence-electron chi connectivity index (χ0n) is 13.0. The highest BCUT2D eigenvalue weighted by atomic mass is 16.4. The van der Waals surface area contributed by atoms with Crippen LogP contribution in [0.5, 0.6) is 0 Å². The van der Waals surface area contributed by atoms with Crippen molar-refractivity contribution in [3.8, 4) is 0 Å². The normalized spacial score (nSPS) is 28.4. The van der Waals surface area contributed by atoms with Gasteiger partial charge < -0.3 is 10.4 Å². The fourth-order valence-electron chi connectivity index (χ4n) is 3.87.